The van der Waals surface area contributed by atoms with Crippen molar-refractivity contribution in [3.63, 3.8) is 0 Å². The molecule has 0 spiro atoms. The second-order valence-corrected chi connectivity index (χ2v) is 5.29. The highest BCUT2D eigenvalue weighted by atomic mass is 16.3. The smallest absolute Gasteiger partial charge is 0.317 e. The maximum Gasteiger partial charge on any atom is 0.317 e. The van der Waals surface area contributed by atoms with Gasteiger partial charge in [-0.25, -0.2) is 9.78 Å². The van der Waals surface area contributed by atoms with E-state index in [1.807, 2.05) is 31.1 Å². The van der Waals surface area contributed by atoms with Gasteiger partial charge >= 0.3 is 6.03 Å². The molecule has 2 amide bonds. The average Bonchev–Trinajstić information content (AvgIpc) is 2.46. The third kappa shape index (κ3) is 3.84. The Labute approximate surface area is 119 Å². The van der Waals surface area contributed by atoms with Crippen molar-refractivity contribution in [2.24, 2.45) is 0 Å². The van der Waals surface area contributed by atoms with Crippen LogP contribution in [0.3, 0.4) is 0 Å². The number of hydrogen-bond donors (Lipinski definition) is 2. The molecule has 1 saturated heterocycles. The number of nitrogens with one attached hydrogen (secondary N) is 1. The molecule has 0 atom stereocenters. The summed E-state index contributed by atoms with van der Waals surface area (Å²) in [7, 11) is 3.87. The summed E-state index contributed by atoms with van der Waals surface area (Å²) in [6, 6.07) is 3.79. The van der Waals surface area contributed by atoms with Gasteiger partial charge in [0.2, 0.25) is 0 Å². The van der Waals surface area contributed by atoms with E-state index in [-0.39, 0.29) is 12.1 Å². The van der Waals surface area contributed by atoms with Gasteiger partial charge in [-0.1, -0.05) is 0 Å². The normalized spacial score (nSPS) is 16.1. The number of rotatable bonds is 3. The molecule has 0 saturated carbocycles. The molecule has 6 nitrogen and oxygen atoms in total. The predicted octanol–water partition coefficient (Wildman–Crippen LogP) is 0.814. The molecule has 2 heterocycles. The van der Waals surface area contributed by atoms with Gasteiger partial charge in [0, 0.05) is 39.9 Å². The molecule has 2 N–H and O–H groups in total. The molecule has 0 radical (unpaired) electrons. The molecule has 1 aromatic rings. The van der Waals surface area contributed by atoms with Crippen LogP contribution in [-0.2, 0) is 6.54 Å². The zero-order valence-electron chi connectivity index (χ0n) is 12.0. The van der Waals surface area contributed by atoms with Gasteiger partial charge in [-0.15, -0.1) is 0 Å². The number of aliphatic hydroxyl groups excluding tert-OH is 1. The summed E-state index contributed by atoms with van der Waals surface area (Å²) in [5, 5.41) is 12.3. The van der Waals surface area contributed by atoms with Gasteiger partial charge in [-0.2, -0.15) is 0 Å². The lowest BCUT2D eigenvalue weighted by molar-refractivity contribution is 0.0936. The molecule has 6 heteroatoms. The first-order chi connectivity index (χ1) is 9.56. The van der Waals surface area contributed by atoms with E-state index in [1.54, 1.807) is 11.1 Å². The molecule has 110 valence electrons. The van der Waals surface area contributed by atoms with Gasteiger partial charge in [0.25, 0.3) is 0 Å². The molecule has 1 fully saturated rings. The van der Waals surface area contributed by atoms with E-state index in [2.05, 4.69) is 10.3 Å². The molecule has 1 aromatic heterocycles. The highest BCUT2D eigenvalue weighted by Gasteiger charge is 2.20. The van der Waals surface area contributed by atoms with Crippen LogP contribution in [0.25, 0.3) is 0 Å². The highest BCUT2D eigenvalue weighted by Crippen LogP contribution is 2.11. The minimum Gasteiger partial charge on any atom is -0.393 e. The van der Waals surface area contributed by atoms with Crippen LogP contribution in [0.4, 0.5) is 10.6 Å². The van der Waals surface area contributed by atoms with E-state index < -0.39 is 0 Å². The Balaban J connectivity index is 1.85. The Bertz CT molecular complexity index is 456. The minimum absolute atomic E-state index is 0.0693. The Morgan fingerprint density at radius 3 is 2.85 bits per heavy atom. The number of anilines is 1. The van der Waals surface area contributed by atoms with E-state index in [4.69, 9.17) is 0 Å². The molecular weight excluding hydrogens is 256 g/mol. The molecule has 1 aliphatic heterocycles. The fourth-order valence-corrected chi connectivity index (χ4v) is 2.17. The number of pyridine rings is 1. The zero-order chi connectivity index (χ0) is 14.5. The van der Waals surface area contributed by atoms with Crippen molar-refractivity contribution < 1.29 is 9.90 Å². The fourth-order valence-electron chi connectivity index (χ4n) is 2.17. The third-order valence-electron chi connectivity index (χ3n) is 3.46. The van der Waals surface area contributed by atoms with Crippen molar-refractivity contribution in [3.8, 4) is 0 Å². The molecular formula is C14H22N4O2. The summed E-state index contributed by atoms with van der Waals surface area (Å²) in [5.74, 6) is 0.873. The van der Waals surface area contributed by atoms with Gasteiger partial charge in [-0.3, -0.25) is 0 Å². The van der Waals surface area contributed by atoms with Crippen molar-refractivity contribution >= 4 is 11.8 Å². The van der Waals surface area contributed by atoms with Crippen LogP contribution in [0.15, 0.2) is 18.3 Å². The monoisotopic (exact) mass is 278 g/mol. The van der Waals surface area contributed by atoms with Crippen LogP contribution in [0.2, 0.25) is 0 Å². The average molecular weight is 278 g/mol. The van der Waals surface area contributed by atoms with Crippen LogP contribution in [0.1, 0.15) is 18.4 Å². The van der Waals surface area contributed by atoms with Crippen molar-refractivity contribution in [2.75, 3.05) is 32.1 Å². The van der Waals surface area contributed by atoms with Crippen LogP contribution in [0.5, 0.6) is 0 Å². The summed E-state index contributed by atoms with van der Waals surface area (Å²) in [5.41, 5.74) is 1.02. The summed E-state index contributed by atoms with van der Waals surface area (Å²) >= 11 is 0. The maximum atomic E-state index is 12.0. The van der Waals surface area contributed by atoms with Gasteiger partial charge < -0.3 is 20.2 Å². The first kappa shape index (κ1) is 14.6. The fraction of sp³-hybridized carbons (Fsp3) is 0.571. The number of nitrogens with zero attached hydrogens (tertiary/aromatic N) is 3. The van der Waals surface area contributed by atoms with Crippen molar-refractivity contribution in [3.05, 3.63) is 23.9 Å². The lowest BCUT2D eigenvalue weighted by Crippen LogP contribution is -2.45. The van der Waals surface area contributed by atoms with Crippen molar-refractivity contribution in [1.82, 2.24) is 15.2 Å². The van der Waals surface area contributed by atoms with Crippen LogP contribution < -0.4 is 10.2 Å². The Morgan fingerprint density at radius 2 is 2.20 bits per heavy atom. The van der Waals surface area contributed by atoms with Gasteiger partial charge in [0.15, 0.2) is 0 Å². The Kier molecular flexibility index (Phi) is 4.79. The van der Waals surface area contributed by atoms with Gasteiger partial charge in [0.1, 0.15) is 5.82 Å². The number of carbonyl (C=O) groups excluding carboxylic acids is 1. The number of aliphatic hydroxyl groups is 1. The Morgan fingerprint density at radius 1 is 1.50 bits per heavy atom. The number of hydrogen-bond acceptors (Lipinski definition) is 4. The number of carbonyl (C=O) groups is 1. The maximum absolute atomic E-state index is 12.0. The van der Waals surface area contributed by atoms with Crippen molar-refractivity contribution in [1.29, 1.82) is 0 Å². The topological polar surface area (TPSA) is 68.7 Å². The van der Waals surface area contributed by atoms with E-state index in [9.17, 15) is 9.90 Å². The van der Waals surface area contributed by atoms with Crippen molar-refractivity contribution in [2.45, 2.75) is 25.5 Å². The molecule has 0 aliphatic carbocycles. The number of amides is 2. The number of aromatic nitrogens is 1. The number of likely N-dealkylation sites (tertiary alicyclic amines) is 1. The molecule has 0 unspecified atom stereocenters. The van der Waals surface area contributed by atoms with Crippen LogP contribution >= 0.6 is 0 Å². The van der Waals surface area contributed by atoms with E-state index in [1.165, 1.54) is 0 Å². The predicted molar refractivity (Wildman–Crippen MR) is 77.6 cm³/mol. The first-order valence-corrected chi connectivity index (χ1v) is 6.89. The quantitative estimate of drug-likeness (QED) is 0.858. The third-order valence-corrected chi connectivity index (χ3v) is 3.46. The number of urea groups is 1. The van der Waals surface area contributed by atoms with Gasteiger partial charge in [0.05, 0.1) is 6.10 Å². The van der Waals surface area contributed by atoms with Crippen LogP contribution in [-0.4, -0.2) is 54.3 Å². The molecule has 2 rings (SSSR count). The van der Waals surface area contributed by atoms with E-state index in [0.29, 0.717) is 32.5 Å². The largest absolute Gasteiger partial charge is 0.393 e. The SMILES string of the molecule is CN(C)c1cc(CNC(=O)N2CCC(O)CC2)ccn1. The van der Waals surface area contributed by atoms with E-state index in [0.717, 1.165) is 11.4 Å². The van der Waals surface area contributed by atoms with E-state index >= 15 is 0 Å². The molecule has 1 aliphatic rings. The summed E-state index contributed by atoms with van der Waals surface area (Å²) in [6.45, 7) is 1.72. The second kappa shape index (κ2) is 6.56. The first-order valence-electron chi connectivity index (χ1n) is 6.89. The highest BCUT2D eigenvalue weighted by molar-refractivity contribution is 5.74. The lowest BCUT2D eigenvalue weighted by atomic mass is 10.1. The molecule has 20 heavy (non-hydrogen) atoms. The summed E-state index contributed by atoms with van der Waals surface area (Å²) in [6.07, 6.45) is 2.80. The summed E-state index contributed by atoms with van der Waals surface area (Å²) in [4.78, 5) is 19.9. The zero-order valence-corrected chi connectivity index (χ0v) is 12.0. The Hall–Kier alpha value is -1.82. The molecule has 0 bridgehead atoms. The summed E-state index contributed by atoms with van der Waals surface area (Å²) < 4.78 is 0. The number of piperidine rings is 1. The van der Waals surface area contributed by atoms with Crippen LogP contribution in [0, 0.1) is 0 Å². The second-order valence-electron chi connectivity index (χ2n) is 5.29. The van der Waals surface area contributed by atoms with Gasteiger partial charge in [-0.05, 0) is 30.5 Å². The lowest BCUT2D eigenvalue weighted by Gasteiger charge is -2.29. The molecule has 0 aromatic carbocycles. The standard InChI is InChI=1S/C14H22N4O2/c1-17(2)13-9-11(3-6-15-13)10-16-14(20)18-7-4-12(19)5-8-18/h3,6,9,12,19H,4-5,7-8,10H2,1-2H3,(H,16,20). The minimum atomic E-state index is -0.262.